The maximum atomic E-state index is 13.4. The zero-order chi connectivity index (χ0) is 24.2. The van der Waals surface area contributed by atoms with Crippen LogP contribution in [-0.4, -0.2) is 41.4 Å². The number of fused-ring (bicyclic) bond motifs is 1. The molecule has 4 aromatic rings. The summed E-state index contributed by atoms with van der Waals surface area (Å²) in [6.07, 6.45) is 0.569. The molecule has 0 aliphatic carbocycles. The van der Waals surface area contributed by atoms with Gasteiger partial charge < -0.3 is 14.8 Å². The van der Waals surface area contributed by atoms with Crippen molar-refractivity contribution < 1.29 is 18.7 Å². The minimum absolute atomic E-state index is 0.245. The van der Waals surface area contributed by atoms with Gasteiger partial charge in [0, 0.05) is 12.1 Å². The first-order chi connectivity index (χ1) is 16.4. The molecular formula is C24H23FN4O4S. The normalized spacial score (nSPS) is 10.9. The number of amides is 1. The van der Waals surface area contributed by atoms with E-state index in [0.29, 0.717) is 45.4 Å². The highest BCUT2D eigenvalue weighted by Gasteiger charge is 2.18. The molecule has 0 saturated carbocycles. The molecule has 8 nitrogen and oxygen atoms in total. The maximum Gasteiger partial charge on any atom is 0.294 e. The van der Waals surface area contributed by atoms with Gasteiger partial charge in [0.2, 0.25) is 5.91 Å². The fourth-order valence-electron chi connectivity index (χ4n) is 3.54. The van der Waals surface area contributed by atoms with Crippen molar-refractivity contribution in [3.05, 3.63) is 69.2 Å². The molecule has 34 heavy (non-hydrogen) atoms. The van der Waals surface area contributed by atoms with Crippen molar-refractivity contribution in [1.29, 1.82) is 0 Å². The van der Waals surface area contributed by atoms with Crippen molar-refractivity contribution in [3.8, 4) is 22.8 Å². The van der Waals surface area contributed by atoms with Crippen molar-refractivity contribution in [2.24, 2.45) is 0 Å². The lowest BCUT2D eigenvalue weighted by atomic mass is 10.1. The minimum Gasteiger partial charge on any atom is -0.493 e. The van der Waals surface area contributed by atoms with Crippen LogP contribution in [0.4, 0.5) is 4.39 Å². The first kappa shape index (κ1) is 23.4. The quantitative estimate of drug-likeness (QED) is 0.414. The SMILES string of the molecule is COc1ccc(CCNC(=O)Cn2nc(-c3ccc(F)cc3)c3sc(C)nc3c2=O)cc1OC. The summed E-state index contributed by atoms with van der Waals surface area (Å²) in [5, 5.41) is 7.94. The molecule has 0 spiro atoms. The van der Waals surface area contributed by atoms with Gasteiger partial charge in [-0.2, -0.15) is 5.10 Å². The van der Waals surface area contributed by atoms with Gasteiger partial charge in [-0.15, -0.1) is 11.3 Å². The summed E-state index contributed by atoms with van der Waals surface area (Å²) in [5.41, 5.74) is 1.89. The van der Waals surface area contributed by atoms with E-state index in [9.17, 15) is 14.0 Å². The summed E-state index contributed by atoms with van der Waals surface area (Å²) < 4.78 is 25.7. The zero-order valence-electron chi connectivity index (χ0n) is 18.9. The van der Waals surface area contributed by atoms with Crippen LogP contribution in [0.1, 0.15) is 10.6 Å². The monoisotopic (exact) mass is 482 g/mol. The molecule has 10 heteroatoms. The Labute approximate surface area is 199 Å². The molecule has 2 heterocycles. The van der Waals surface area contributed by atoms with Gasteiger partial charge in [0.1, 0.15) is 18.1 Å². The number of benzene rings is 2. The van der Waals surface area contributed by atoms with E-state index in [1.54, 1.807) is 33.3 Å². The third kappa shape index (κ3) is 4.91. The number of nitrogens with one attached hydrogen (secondary N) is 1. The number of aryl methyl sites for hydroxylation is 1. The molecule has 2 aromatic carbocycles. The Balaban J connectivity index is 1.51. The fourth-order valence-corrected chi connectivity index (χ4v) is 4.46. The van der Waals surface area contributed by atoms with E-state index in [4.69, 9.17) is 9.47 Å². The smallest absolute Gasteiger partial charge is 0.294 e. The van der Waals surface area contributed by atoms with Crippen molar-refractivity contribution in [3.63, 3.8) is 0 Å². The zero-order valence-corrected chi connectivity index (χ0v) is 19.7. The number of ether oxygens (including phenoxy) is 2. The predicted molar refractivity (Wildman–Crippen MR) is 128 cm³/mol. The van der Waals surface area contributed by atoms with Crippen molar-refractivity contribution >= 4 is 27.5 Å². The maximum absolute atomic E-state index is 13.4. The Morgan fingerprint density at radius 2 is 1.85 bits per heavy atom. The van der Waals surface area contributed by atoms with Crippen LogP contribution >= 0.6 is 11.3 Å². The van der Waals surface area contributed by atoms with E-state index >= 15 is 0 Å². The first-order valence-electron chi connectivity index (χ1n) is 10.5. The van der Waals surface area contributed by atoms with Crippen LogP contribution in [-0.2, 0) is 17.8 Å². The number of thiazole rings is 1. The molecule has 4 rings (SSSR count). The molecule has 0 radical (unpaired) electrons. The second kappa shape index (κ2) is 10.0. The number of methoxy groups -OCH3 is 2. The Hall–Kier alpha value is -3.79. The molecule has 1 N–H and O–H groups in total. The Bertz CT molecular complexity index is 1400. The fraction of sp³-hybridized carbons (Fsp3) is 0.250. The molecular weight excluding hydrogens is 459 g/mol. The van der Waals surface area contributed by atoms with Crippen LogP contribution in [0.15, 0.2) is 47.3 Å². The van der Waals surface area contributed by atoms with Gasteiger partial charge in [-0.05, 0) is 55.3 Å². The van der Waals surface area contributed by atoms with Gasteiger partial charge in [0.15, 0.2) is 17.0 Å². The molecule has 0 unspecified atom stereocenters. The largest absolute Gasteiger partial charge is 0.493 e. The lowest BCUT2D eigenvalue weighted by molar-refractivity contribution is -0.121. The van der Waals surface area contributed by atoms with Crippen LogP contribution in [0.25, 0.3) is 21.5 Å². The highest BCUT2D eigenvalue weighted by atomic mass is 32.1. The summed E-state index contributed by atoms with van der Waals surface area (Å²) in [5.74, 6) is 0.515. The van der Waals surface area contributed by atoms with Crippen LogP contribution in [0.2, 0.25) is 0 Å². The average Bonchev–Trinajstić information content (AvgIpc) is 3.23. The lowest BCUT2D eigenvalue weighted by Crippen LogP contribution is -2.35. The second-order valence-corrected chi connectivity index (χ2v) is 8.72. The van der Waals surface area contributed by atoms with Crippen molar-refractivity contribution in [2.45, 2.75) is 19.9 Å². The number of hydrogen-bond donors (Lipinski definition) is 1. The predicted octanol–water partition coefficient (Wildman–Crippen LogP) is 3.34. The van der Waals surface area contributed by atoms with Gasteiger partial charge in [0.05, 0.1) is 23.9 Å². The Morgan fingerprint density at radius 3 is 2.56 bits per heavy atom. The van der Waals surface area contributed by atoms with Crippen LogP contribution < -0.4 is 20.3 Å². The van der Waals surface area contributed by atoms with E-state index in [1.807, 2.05) is 18.2 Å². The molecule has 1 amide bonds. The van der Waals surface area contributed by atoms with Gasteiger partial charge in [-0.1, -0.05) is 6.07 Å². The van der Waals surface area contributed by atoms with Crippen LogP contribution in [0, 0.1) is 12.7 Å². The number of rotatable bonds is 8. The van der Waals surface area contributed by atoms with Crippen molar-refractivity contribution in [1.82, 2.24) is 20.1 Å². The van der Waals surface area contributed by atoms with E-state index in [-0.39, 0.29) is 23.8 Å². The number of carbonyl (C=O) groups is 1. The standard InChI is InChI=1S/C24H23FN4O4S/c1-14-27-22-23(34-14)21(16-5-7-17(25)8-6-16)28-29(24(22)31)13-20(30)26-11-10-15-4-9-18(32-2)19(12-15)33-3/h4-9,12H,10-11,13H2,1-3H3,(H,26,30). The molecule has 0 atom stereocenters. The number of aromatic nitrogens is 3. The van der Waals surface area contributed by atoms with E-state index in [1.165, 1.54) is 23.5 Å². The summed E-state index contributed by atoms with van der Waals surface area (Å²) >= 11 is 1.34. The third-order valence-corrected chi connectivity index (χ3v) is 6.18. The van der Waals surface area contributed by atoms with Gasteiger partial charge in [-0.3, -0.25) is 9.59 Å². The highest BCUT2D eigenvalue weighted by Crippen LogP contribution is 2.29. The number of halogens is 1. The lowest BCUT2D eigenvalue weighted by Gasteiger charge is -2.11. The van der Waals surface area contributed by atoms with Gasteiger partial charge in [-0.25, -0.2) is 14.1 Å². The number of hydrogen-bond acceptors (Lipinski definition) is 7. The molecule has 0 aliphatic rings. The van der Waals surface area contributed by atoms with E-state index < -0.39 is 5.56 Å². The first-order valence-corrected chi connectivity index (χ1v) is 11.3. The topological polar surface area (TPSA) is 95.3 Å². The summed E-state index contributed by atoms with van der Waals surface area (Å²) in [4.78, 5) is 29.8. The summed E-state index contributed by atoms with van der Waals surface area (Å²) in [7, 11) is 3.13. The molecule has 176 valence electrons. The molecule has 0 saturated heterocycles. The van der Waals surface area contributed by atoms with E-state index in [0.717, 1.165) is 10.2 Å². The average molecular weight is 483 g/mol. The molecule has 0 bridgehead atoms. The third-order valence-electron chi connectivity index (χ3n) is 5.20. The minimum atomic E-state index is -0.444. The summed E-state index contributed by atoms with van der Waals surface area (Å²) in [6.45, 7) is 1.90. The Kier molecular flexibility index (Phi) is 6.87. The van der Waals surface area contributed by atoms with Crippen molar-refractivity contribution in [2.75, 3.05) is 20.8 Å². The number of carbonyl (C=O) groups excluding carboxylic acids is 1. The molecule has 0 fully saturated rings. The van der Waals surface area contributed by atoms with Gasteiger partial charge in [0.25, 0.3) is 5.56 Å². The summed E-state index contributed by atoms with van der Waals surface area (Å²) in [6, 6.07) is 11.4. The van der Waals surface area contributed by atoms with Crippen LogP contribution in [0.3, 0.4) is 0 Å². The highest BCUT2D eigenvalue weighted by molar-refractivity contribution is 7.19. The molecule has 0 aliphatic heterocycles. The Morgan fingerprint density at radius 1 is 1.12 bits per heavy atom. The van der Waals surface area contributed by atoms with Crippen LogP contribution in [0.5, 0.6) is 11.5 Å². The van der Waals surface area contributed by atoms with E-state index in [2.05, 4.69) is 15.4 Å². The molecule has 2 aromatic heterocycles. The second-order valence-electron chi connectivity index (χ2n) is 7.52. The number of nitrogens with zero attached hydrogens (tertiary/aromatic N) is 3. The van der Waals surface area contributed by atoms with Gasteiger partial charge >= 0.3 is 0 Å².